The Kier molecular flexibility index (Phi) is 2.68. The Morgan fingerprint density at radius 3 is 2.76 bits per heavy atom. The first-order valence-electron chi connectivity index (χ1n) is 5.80. The molecule has 5 heteroatoms. The van der Waals surface area contributed by atoms with E-state index < -0.39 is 0 Å². The highest BCUT2D eigenvalue weighted by atomic mass is 35.5. The number of piperazine rings is 1. The van der Waals surface area contributed by atoms with Crippen LogP contribution >= 0.6 is 11.6 Å². The van der Waals surface area contributed by atoms with E-state index in [4.69, 9.17) is 11.6 Å². The summed E-state index contributed by atoms with van der Waals surface area (Å²) in [5.41, 5.74) is 0.925. The van der Waals surface area contributed by atoms with Crippen molar-refractivity contribution in [2.24, 2.45) is 0 Å². The molecule has 0 bridgehead atoms. The number of nitrogens with zero attached hydrogens (tertiary/aromatic N) is 2. The number of carbonyl (C=O) groups excluding carboxylic acids is 1. The molecule has 0 spiro atoms. The van der Waals surface area contributed by atoms with Crippen molar-refractivity contribution in [3.63, 3.8) is 0 Å². The van der Waals surface area contributed by atoms with Crippen molar-refractivity contribution in [1.29, 1.82) is 0 Å². The SMILES string of the molecule is O=C1N(c2ccc(Cl)cc2)CC2CNCCN12. The summed E-state index contributed by atoms with van der Waals surface area (Å²) in [4.78, 5) is 16.0. The van der Waals surface area contributed by atoms with E-state index in [1.807, 2.05) is 34.1 Å². The highest BCUT2D eigenvalue weighted by molar-refractivity contribution is 6.30. The molecule has 0 aromatic heterocycles. The van der Waals surface area contributed by atoms with E-state index in [-0.39, 0.29) is 6.03 Å². The molecule has 1 N–H and O–H groups in total. The van der Waals surface area contributed by atoms with Crippen LogP contribution in [-0.4, -0.2) is 43.2 Å². The molecule has 2 fully saturated rings. The Labute approximate surface area is 105 Å². The van der Waals surface area contributed by atoms with Crippen LogP contribution in [-0.2, 0) is 0 Å². The predicted molar refractivity (Wildman–Crippen MR) is 67.6 cm³/mol. The first-order valence-corrected chi connectivity index (χ1v) is 6.18. The molecule has 1 aromatic carbocycles. The lowest BCUT2D eigenvalue weighted by Crippen LogP contribution is -2.49. The molecule has 0 radical (unpaired) electrons. The summed E-state index contributed by atoms with van der Waals surface area (Å²) in [6.07, 6.45) is 0. The minimum Gasteiger partial charge on any atom is -0.317 e. The molecule has 2 aliphatic heterocycles. The van der Waals surface area contributed by atoms with Crippen LogP contribution in [0.5, 0.6) is 0 Å². The van der Waals surface area contributed by atoms with Gasteiger partial charge in [-0.3, -0.25) is 4.90 Å². The van der Waals surface area contributed by atoms with Gasteiger partial charge in [0.25, 0.3) is 0 Å². The Hall–Kier alpha value is -1.26. The fourth-order valence-corrected chi connectivity index (χ4v) is 2.58. The summed E-state index contributed by atoms with van der Waals surface area (Å²) in [7, 11) is 0. The number of benzene rings is 1. The standard InChI is InChI=1S/C12H14ClN3O/c13-9-1-3-10(4-2-9)16-8-11-7-14-5-6-15(11)12(16)17/h1-4,11,14H,5-8H2. The molecule has 1 atom stereocenters. The minimum absolute atomic E-state index is 0.110. The molecule has 3 rings (SSSR count). The Morgan fingerprint density at radius 1 is 1.29 bits per heavy atom. The van der Waals surface area contributed by atoms with Crippen LogP contribution in [0.4, 0.5) is 10.5 Å². The van der Waals surface area contributed by atoms with Gasteiger partial charge in [0.1, 0.15) is 0 Å². The van der Waals surface area contributed by atoms with Crippen molar-refractivity contribution in [2.75, 3.05) is 31.1 Å². The van der Waals surface area contributed by atoms with Crippen LogP contribution in [0.3, 0.4) is 0 Å². The number of nitrogens with one attached hydrogen (secondary N) is 1. The Balaban J connectivity index is 1.85. The van der Waals surface area contributed by atoms with Gasteiger partial charge < -0.3 is 10.2 Å². The molecule has 2 amide bonds. The predicted octanol–water partition coefficient (Wildman–Crippen LogP) is 1.55. The number of amides is 2. The van der Waals surface area contributed by atoms with Gasteiger partial charge in [-0.15, -0.1) is 0 Å². The Morgan fingerprint density at radius 2 is 2.06 bits per heavy atom. The second-order valence-corrected chi connectivity index (χ2v) is 4.86. The number of hydrogen-bond acceptors (Lipinski definition) is 2. The Bertz CT molecular complexity index is 434. The zero-order chi connectivity index (χ0) is 11.8. The van der Waals surface area contributed by atoms with E-state index in [9.17, 15) is 4.79 Å². The van der Waals surface area contributed by atoms with Gasteiger partial charge in [0.05, 0.1) is 6.04 Å². The maximum absolute atomic E-state index is 12.2. The smallest absolute Gasteiger partial charge is 0.317 e. The van der Waals surface area contributed by atoms with E-state index in [2.05, 4.69) is 5.32 Å². The fraction of sp³-hybridized carbons (Fsp3) is 0.417. The van der Waals surface area contributed by atoms with Gasteiger partial charge >= 0.3 is 6.03 Å². The molecule has 0 saturated carbocycles. The van der Waals surface area contributed by atoms with Crippen molar-refractivity contribution in [3.05, 3.63) is 29.3 Å². The molecular formula is C12H14ClN3O. The fourth-order valence-electron chi connectivity index (χ4n) is 2.46. The number of carbonyl (C=O) groups is 1. The van der Waals surface area contributed by atoms with E-state index in [1.54, 1.807) is 0 Å². The van der Waals surface area contributed by atoms with Crippen LogP contribution in [0.1, 0.15) is 0 Å². The van der Waals surface area contributed by atoms with E-state index in [0.717, 1.165) is 31.9 Å². The maximum atomic E-state index is 12.2. The number of hydrogen-bond donors (Lipinski definition) is 1. The molecule has 2 aliphatic rings. The lowest BCUT2D eigenvalue weighted by atomic mass is 10.2. The van der Waals surface area contributed by atoms with Gasteiger partial charge in [0.2, 0.25) is 0 Å². The lowest BCUT2D eigenvalue weighted by molar-refractivity contribution is 0.193. The third-order valence-electron chi connectivity index (χ3n) is 3.36. The maximum Gasteiger partial charge on any atom is 0.324 e. The summed E-state index contributed by atoms with van der Waals surface area (Å²) in [5, 5.41) is 4.01. The van der Waals surface area contributed by atoms with Gasteiger partial charge in [-0.2, -0.15) is 0 Å². The molecule has 2 saturated heterocycles. The average molecular weight is 252 g/mol. The van der Waals surface area contributed by atoms with Gasteiger partial charge in [-0.05, 0) is 24.3 Å². The number of halogens is 1. The third-order valence-corrected chi connectivity index (χ3v) is 3.61. The molecule has 2 heterocycles. The van der Waals surface area contributed by atoms with Crippen LogP contribution in [0, 0.1) is 0 Å². The third kappa shape index (κ3) is 1.87. The summed E-state index contributed by atoms with van der Waals surface area (Å²) in [5.74, 6) is 0. The molecule has 0 aliphatic carbocycles. The number of rotatable bonds is 1. The van der Waals surface area contributed by atoms with Crippen molar-refractivity contribution in [1.82, 2.24) is 10.2 Å². The van der Waals surface area contributed by atoms with Gasteiger partial charge in [0.15, 0.2) is 0 Å². The molecule has 1 unspecified atom stereocenters. The van der Waals surface area contributed by atoms with Gasteiger partial charge in [0, 0.05) is 36.9 Å². The highest BCUT2D eigenvalue weighted by Crippen LogP contribution is 2.25. The molecular weight excluding hydrogens is 238 g/mol. The molecule has 4 nitrogen and oxygen atoms in total. The zero-order valence-electron chi connectivity index (χ0n) is 9.40. The first kappa shape index (κ1) is 10.9. The summed E-state index contributed by atoms with van der Waals surface area (Å²) >= 11 is 5.85. The average Bonchev–Trinajstić information content (AvgIpc) is 2.69. The van der Waals surface area contributed by atoms with Gasteiger partial charge in [-0.1, -0.05) is 11.6 Å². The largest absolute Gasteiger partial charge is 0.324 e. The summed E-state index contributed by atoms with van der Waals surface area (Å²) < 4.78 is 0. The number of fused-ring (bicyclic) bond motifs is 1. The van der Waals surface area contributed by atoms with Crippen molar-refractivity contribution < 1.29 is 4.79 Å². The topological polar surface area (TPSA) is 35.6 Å². The molecule has 90 valence electrons. The lowest BCUT2D eigenvalue weighted by Gasteiger charge is -2.28. The highest BCUT2D eigenvalue weighted by Gasteiger charge is 2.38. The molecule has 17 heavy (non-hydrogen) atoms. The summed E-state index contributed by atoms with van der Waals surface area (Å²) in [6.45, 7) is 3.33. The first-order chi connectivity index (χ1) is 8.25. The van der Waals surface area contributed by atoms with Crippen LogP contribution < -0.4 is 10.2 Å². The van der Waals surface area contributed by atoms with Crippen LogP contribution in [0.25, 0.3) is 0 Å². The van der Waals surface area contributed by atoms with Crippen molar-refractivity contribution >= 4 is 23.3 Å². The quantitative estimate of drug-likeness (QED) is 0.822. The zero-order valence-corrected chi connectivity index (χ0v) is 10.2. The van der Waals surface area contributed by atoms with Crippen LogP contribution in [0.15, 0.2) is 24.3 Å². The second-order valence-electron chi connectivity index (χ2n) is 4.42. The number of urea groups is 1. The molecule has 1 aromatic rings. The normalized spacial score (nSPS) is 24.1. The number of anilines is 1. The second kappa shape index (κ2) is 4.20. The van der Waals surface area contributed by atoms with Gasteiger partial charge in [-0.25, -0.2) is 4.79 Å². The minimum atomic E-state index is 0.110. The van der Waals surface area contributed by atoms with Crippen molar-refractivity contribution in [2.45, 2.75) is 6.04 Å². The monoisotopic (exact) mass is 251 g/mol. The van der Waals surface area contributed by atoms with Crippen molar-refractivity contribution in [3.8, 4) is 0 Å². The van der Waals surface area contributed by atoms with Crippen LogP contribution in [0.2, 0.25) is 5.02 Å². The summed E-state index contributed by atoms with van der Waals surface area (Å²) in [6, 6.07) is 7.84. The van der Waals surface area contributed by atoms with E-state index >= 15 is 0 Å². The van der Waals surface area contributed by atoms with E-state index in [0.29, 0.717) is 11.1 Å². The van der Waals surface area contributed by atoms with E-state index in [1.165, 1.54) is 0 Å².